The van der Waals surface area contributed by atoms with E-state index in [4.69, 9.17) is 0 Å². The third kappa shape index (κ3) is 1.83. The first kappa shape index (κ1) is 10.1. The molecule has 3 aliphatic rings. The molecule has 2 nitrogen and oxygen atoms in total. The molecule has 0 aromatic rings. The molecular weight excluding hydrogens is 186 g/mol. The molecule has 3 atom stereocenters. The van der Waals surface area contributed by atoms with Crippen LogP contribution < -0.4 is 5.32 Å². The van der Waals surface area contributed by atoms with Crippen molar-refractivity contribution in [1.29, 1.82) is 0 Å². The highest BCUT2D eigenvalue weighted by Gasteiger charge is 2.48. The molecular formula is C13H23NO. The average molecular weight is 209 g/mol. The van der Waals surface area contributed by atoms with Gasteiger partial charge in [0, 0.05) is 12.1 Å². The summed E-state index contributed by atoms with van der Waals surface area (Å²) in [6, 6.07) is 1.14. The van der Waals surface area contributed by atoms with E-state index < -0.39 is 0 Å². The fourth-order valence-electron chi connectivity index (χ4n) is 3.69. The number of hydrogen-bond donors (Lipinski definition) is 2. The van der Waals surface area contributed by atoms with Crippen molar-refractivity contribution in [2.75, 3.05) is 0 Å². The van der Waals surface area contributed by atoms with Gasteiger partial charge in [0.05, 0.1) is 5.60 Å². The van der Waals surface area contributed by atoms with Crippen molar-refractivity contribution in [1.82, 2.24) is 5.32 Å². The molecule has 0 amide bonds. The van der Waals surface area contributed by atoms with Gasteiger partial charge in [-0.25, -0.2) is 0 Å². The molecule has 3 unspecified atom stereocenters. The predicted octanol–water partition coefficient (Wildman–Crippen LogP) is 2.21. The highest BCUT2D eigenvalue weighted by Crippen LogP contribution is 2.44. The van der Waals surface area contributed by atoms with Crippen LogP contribution in [0.2, 0.25) is 0 Å². The lowest BCUT2D eigenvalue weighted by Gasteiger charge is -2.49. The van der Waals surface area contributed by atoms with Gasteiger partial charge >= 0.3 is 0 Å². The molecule has 0 aromatic carbocycles. The molecule has 3 aliphatic carbocycles. The maximum atomic E-state index is 10.9. The summed E-state index contributed by atoms with van der Waals surface area (Å²) in [7, 11) is 0. The molecule has 2 N–H and O–H groups in total. The lowest BCUT2D eigenvalue weighted by molar-refractivity contribution is -0.0989. The number of hydrogen-bond acceptors (Lipinski definition) is 2. The normalized spacial score (nSPS) is 46.2. The van der Waals surface area contributed by atoms with Gasteiger partial charge in [-0.3, -0.25) is 0 Å². The van der Waals surface area contributed by atoms with Crippen LogP contribution in [-0.2, 0) is 0 Å². The minimum atomic E-state index is -0.348. The van der Waals surface area contributed by atoms with E-state index in [1.54, 1.807) is 0 Å². The summed E-state index contributed by atoms with van der Waals surface area (Å²) >= 11 is 0. The summed E-state index contributed by atoms with van der Waals surface area (Å²) in [5.41, 5.74) is -0.348. The van der Waals surface area contributed by atoms with Crippen molar-refractivity contribution >= 4 is 0 Å². The van der Waals surface area contributed by atoms with E-state index in [2.05, 4.69) is 5.32 Å². The van der Waals surface area contributed by atoms with E-state index >= 15 is 0 Å². The monoisotopic (exact) mass is 209 g/mol. The third-order valence-electron chi connectivity index (χ3n) is 4.75. The molecule has 0 saturated heterocycles. The van der Waals surface area contributed by atoms with Crippen molar-refractivity contribution in [3.63, 3.8) is 0 Å². The SMILES string of the molecule is OC12CCCCC1CCCC2NC1CC1. The van der Waals surface area contributed by atoms with Crippen LogP contribution in [0.5, 0.6) is 0 Å². The summed E-state index contributed by atoms with van der Waals surface area (Å²) in [5.74, 6) is 0.594. The summed E-state index contributed by atoms with van der Waals surface area (Å²) in [6.45, 7) is 0. The quantitative estimate of drug-likeness (QED) is 0.731. The van der Waals surface area contributed by atoms with E-state index in [0.29, 0.717) is 12.0 Å². The van der Waals surface area contributed by atoms with Crippen LogP contribution in [0.1, 0.15) is 57.8 Å². The van der Waals surface area contributed by atoms with Crippen LogP contribution >= 0.6 is 0 Å². The van der Waals surface area contributed by atoms with Gasteiger partial charge < -0.3 is 10.4 Å². The molecule has 2 heteroatoms. The Hall–Kier alpha value is -0.0800. The van der Waals surface area contributed by atoms with E-state index in [0.717, 1.165) is 12.5 Å². The first-order valence-electron chi connectivity index (χ1n) is 6.77. The fourth-order valence-corrected chi connectivity index (χ4v) is 3.69. The average Bonchev–Trinajstić information content (AvgIpc) is 3.03. The zero-order chi connectivity index (χ0) is 10.3. The second-order valence-corrected chi connectivity index (χ2v) is 5.86. The van der Waals surface area contributed by atoms with E-state index in [9.17, 15) is 5.11 Å². The topological polar surface area (TPSA) is 32.3 Å². The molecule has 0 heterocycles. The summed E-state index contributed by atoms with van der Waals surface area (Å²) < 4.78 is 0. The Morgan fingerprint density at radius 3 is 2.53 bits per heavy atom. The number of rotatable bonds is 2. The van der Waals surface area contributed by atoms with Crippen LogP contribution in [0.3, 0.4) is 0 Å². The smallest absolute Gasteiger partial charge is 0.0828 e. The van der Waals surface area contributed by atoms with Gasteiger partial charge in [0.2, 0.25) is 0 Å². The number of nitrogens with one attached hydrogen (secondary N) is 1. The Bertz CT molecular complexity index is 237. The van der Waals surface area contributed by atoms with E-state index in [-0.39, 0.29) is 5.60 Å². The largest absolute Gasteiger partial charge is 0.388 e. The molecule has 3 rings (SSSR count). The van der Waals surface area contributed by atoms with Crippen LogP contribution in [0.15, 0.2) is 0 Å². The Labute approximate surface area is 92.4 Å². The number of fused-ring (bicyclic) bond motifs is 1. The van der Waals surface area contributed by atoms with E-state index in [1.807, 2.05) is 0 Å². The molecule has 0 radical (unpaired) electrons. The molecule has 0 bridgehead atoms. The minimum Gasteiger partial charge on any atom is -0.388 e. The first-order chi connectivity index (χ1) is 7.29. The predicted molar refractivity (Wildman–Crippen MR) is 60.7 cm³/mol. The Morgan fingerprint density at radius 2 is 1.73 bits per heavy atom. The summed E-state index contributed by atoms with van der Waals surface area (Å²) in [6.07, 6.45) is 11.3. The van der Waals surface area contributed by atoms with Gasteiger partial charge in [-0.2, -0.15) is 0 Å². The lowest BCUT2D eigenvalue weighted by Crippen LogP contribution is -2.59. The highest BCUT2D eigenvalue weighted by molar-refractivity contribution is 5.04. The molecule has 15 heavy (non-hydrogen) atoms. The lowest BCUT2D eigenvalue weighted by atomic mass is 9.65. The molecule has 3 fully saturated rings. The standard InChI is InChI=1S/C13H23NO/c15-13-9-2-1-4-10(13)5-3-6-12(13)14-11-7-8-11/h10-12,14-15H,1-9H2. The van der Waals surface area contributed by atoms with Gasteiger partial charge in [0.15, 0.2) is 0 Å². The highest BCUT2D eigenvalue weighted by atomic mass is 16.3. The number of aliphatic hydroxyl groups is 1. The third-order valence-corrected chi connectivity index (χ3v) is 4.75. The summed E-state index contributed by atoms with van der Waals surface area (Å²) in [4.78, 5) is 0. The Morgan fingerprint density at radius 1 is 0.933 bits per heavy atom. The van der Waals surface area contributed by atoms with Crippen LogP contribution in [0, 0.1) is 5.92 Å². The fraction of sp³-hybridized carbons (Fsp3) is 1.00. The zero-order valence-electron chi connectivity index (χ0n) is 9.54. The van der Waals surface area contributed by atoms with Crippen molar-refractivity contribution in [3.05, 3.63) is 0 Å². The van der Waals surface area contributed by atoms with Crippen molar-refractivity contribution in [3.8, 4) is 0 Å². The van der Waals surface area contributed by atoms with Crippen LogP contribution in [0.4, 0.5) is 0 Å². The Kier molecular flexibility index (Phi) is 2.52. The minimum absolute atomic E-state index is 0.348. The van der Waals surface area contributed by atoms with Crippen molar-refractivity contribution in [2.24, 2.45) is 5.92 Å². The van der Waals surface area contributed by atoms with Crippen LogP contribution in [0.25, 0.3) is 0 Å². The molecule has 3 saturated carbocycles. The second kappa shape index (κ2) is 3.74. The van der Waals surface area contributed by atoms with E-state index in [1.165, 1.54) is 51.4 Å². The maximum absolute atomic E-state index is 10.9. The van der Waals surface area contributed by atoms with Gasteiger partial charge in [-0.15, -0.1) is 0 Å². The van der Waals surface area contributed by atoms with Gasteiger partial charge in [-0.05, 0) is 44.4 Å². The molecule has 0 spiro atoms. The van der Waals surface area contributed by atoms with Gasteiger partial charge in [-0.1, -0.05) is 19.3 Å². The Balaban J connectivity index is 1.73. The second-order valence-electron chi connectivity index (χ2n) is 5.86. The first-order valence-corrected chi connectivity index (χ1v) is 6.77. The molecule has 86 valence electrons. The molecule has 0 aromatic heterocycles. The van der Waals surface area contributed by atoms with Crippen molar-refractivity contribution in [2.45, 2.75) is 75.5 Å². The van der Waals surface area contributed by atoms with Crippen LogP contribution in [-0.4, -0.2) is 22.8 Å². The van der Waals surface area contributed by atoms with Gasteiger partial charge in [0.25, 0.3) is 0 Å². The van der Waals surface area contributed by atoms with Gasteiger partial charge in [0.1, 0.15) is 0 Å². The molecule has 0 aliphatic heterocycles. The zero-order valence-corrected chi connectivity index (χ0v) is 9.54. The van der Waals surface area contributed by atoms with Crippen molar-refractivity contribution < 1.29 is 5.11 Å². The summed E-state index contributed by atoms with van der Waals surface area (Å²) in [5, 5.41) is 14.5. The maximum Gasteiger partial charge on any atom is 0.0828 e.